The Morgan fingerprint density at radius 2 is 1.78 bits per heavy atom. The molecule has 0 saturated heterocycles. The summed E-state index contributed by atoms with van der Waals surface area (Å²) < 4.78 is 27.1. The van der Waals surface area contributed by atoms with Crippen molar-refractivity contribution >= 4 is 17.5 Å². The van der Waals surface area contributed by atoms with Gasteiger partial charge in [-0.05, 0) is 24.5 Å². The van der Waals surface area contributed by atoms with Crippen LogP contribution in [0.1, 0.15) is 30.6 Å². The van der Waals surface area contributed by atoms with Crippen molar-refractivity contribution in [3.8, 4) is 0 Å². The van der Waals surface area contributed by atoms with Crippen molar-refractivity contribution < 1.29 is 13.6 Å². The molecule has 1 heterocycles. The van der Waals surface area contributed by atoms with Crippen molar-refractivity contribution in [3.63, 3.8) is 0 Å². The molecule has 0 atom stereocenters. The number of hydrogen-bond donors (Lipinski definition) is 2. The molecule has 0 unspecified atom stereocenters. The molecule has 0 spiro atoms. The Kier molecular flexibility index (Phi) is 5.56. The van der Waals surface area contributed by atoms with Crippen LogP contribution in [0.15, 0.2) is 30.6 Å². The van der Waals surface area contributed by atoms with Gasteiger partial charge in [-0.25, -0.2) is 18.7 Å². The molecule has 23 heavy (non-hydrogen) atoms. The van der Waals surface area contributed by atoms with E-state index in [9.17, 15) is 13.6 Å². The quantitative estimate of drug-likeness (QED) is 0.857. The zero-order chi connectivity index (χ0) is 16.8. The normalized spacial score (nSPS) is 10.7. The van der Waals surface area contributed by atoms with Gasteiger partial charge in [-0.3, -0.25) is 4.79 Å². The summed E-state index contributed by atoms with van der Waals surface area (Å²) in [5.74, 6) is -1.27. The fourth-order valence-corrected chi connectivity index (χ4v) is 1.82. The summed E-state index contributed by atoms with van der Waals surface area (Å²) in [4.78, 5) is 19.7. The van der Waals surface area contributed by atoms with Crippen LogP contribution in [-0.4, -0.2) is 22.4 Å². The summed E-state index contributed by atoms with van der Waals surface area (Å²) in [7, 11) is 0. The maximum atomic E-state index is 13.5. The van der Waals surface area contributed by atoms with Gasteiger partial charge in [0.05, 0.1) is 5.56 Å². The largest absolute Gasteiger partial charge is 0.352 e. The van der Waals surface area contributed by atoms with E-state index < -0.39 is 11.6 Å². The molecule has 122 valence electrons. The highest BCUT2D eigenvalue weighted by molar-refractivity contribution is 5.93. The summed E-state index contributed by atoms with van der Waals surface area (Å²) in [6.07, 6.45) is 3.48. The third kappa shape index (κ3) is 4.70. The molecule has 0 aliphatic heterocycles. The first kappa shape index (κ1) is 16.8. The second-order valence-electron chi connectivity index (χ2n) is 5.46. The molecule has 7 heteroatoms. The molecule has 0 aliphatic rings. The van der Waals surface area contributed by atoms with E-state index in [0.717, 1.165) is 18.6 Å². The Balaban J connectivity index is 2.01. The van der Waals surface area contributed by atoms with Crippen molar-refractivity contribution in [1.29, 1.82) is 0 Å². The third-order valence-corrected chi connectivity index (χ3v) is 3.12. The number of carbonyl (C=O) groups excluding carboxylic acids is 1. The number of benzene rings is 1. The maximum Gasteiger partial charge on any atom is 0.254 e. The van der Waals surface area contributed by atoms with Gasteiger partial charge in [0.1, 0.15) is 17.3 Å². The van der Waals surface area contributed by atoms with E-state index in [4.69, 9.17) is 0 Å². The number of para-hydroxylation sites is 1. The molecule has 0 bridgehead atoms. The molecule has 0 saturated carbocycles. The molecule has 1 aromatic carbocycles. The molecule has 0 radical (unpaired) electrons. The van der Waals surface area contributed by atoms with Gasteiger partial charge < -0.3 is 10.6 Å². The van der Waals surface area contributed by atoms with E-state index in [1.165, 1.54) is 18.5 Å². The van der Waals surface area contributed by atoms with Crippen molar-refractivity contribution in [2.45, 2.75) is 20.3 Å². The maximum absolute atomic E-state index is 13.5. The SMILES string of the molecule is CC(C)CCNC(=O)c1cnc(Nc2c(F)cccc2F)nc1. The first-order valence-electron chi connectivity index (χ1n) is 7.28. The lowest BCUT2D eigenvalue weighted by molar-refractivity contribution is 0.0951. The highest BCUT2D eigenvalue weighted by Gasteiger charge is 2.11. The lowest BCUT2D eigenvalue weighted by atomic mass is 10.1. The number of nitrogens with one attached hydrogen (secondary N) is 2. The average molecular weight is 320 g/mol. The Bertz CT molecular complexity index is 654. The van der Waals surface area contributed by atoms with Gasteiger partial charge in [0.15, 0.2) is 0 Å². The van der Waals surface area contributed by atoms with Crippen LogP contribution in [0.4, 0.5) is 20.4 Å². The number of anilines is 2. The monoisotopic (exact) mass is 320 g/mol. The number of rotatable bonds is 6. The highest BCUT2D eigenvalue weighted by Crippen LogP contribution is 2.20. The predicted octanol–water partition coefficient (Wildman–Crippen LogP) is 3.27. The average Bonchev–Trinajstić information content (AvgIpc) is 2.51. The Labute approximate surface area is 133 Å². The predicted molar refractivity (Wildman–Crippen MR) is 83.5 cm³/mol. The number of hydrogen-bond acceptors (Lipinski definition) is 4. The molecule has 2 N–H and O–H groups in total. The smallest absolute Gasteiger partial charge is 0.254 e. The molecular weight excluding hydrogens is 302 g/mol. The van der Waals surface area contributed by atoms with E-state index in [0.29, 0.717) is 12.5 Å². The summed E-state index contributed by atoms with van der Waals surface area (Å²) in [6, 6.07) is 3.52. The Hall–Kier alpha value is -2.57. The van der Waals surface area contributed by atoms with Gasteiger partial charge >= 0.3 is 0 Å². The van der Waals surface area contributed by atoms with Crippen molar-refractivity contribution in [2.24, 2.45) is 5.92 Å². The first-order chi connectivity index (χ1) is 11.0. The summed E-state index contributed by atoms with van der Waals surface area (Å²) in [6.45, 7) is 4.70. The van der Waals surface area contributed by atoms with E-state index >= 15 is 0 Å². The number of amides is 1. The van der Waals surface area contributed by atoms with Gasteiger partial charge in [0, 0.05) is 18.9 Å². The van der Waals surface area contributed by atoms with Crippen molar-refractivity contribution in [2.75, 3.05) is 11.9 Å². The van der Waals surface area contributed by atoms with Gasteiger partial charge in [0.2, 0.25) is 5.95 Å². The minimum absolute atomic E-state index is 0.00716. The van der Waals surface area contributed by atoms with Gasteiger partial charge in [-0.15, -0.1) is 0 Å². The Morgan fingerprint density at radius 1 is 1.17 bits per heavy atom. The zero-order valence-electron chi connectivity index (χ0n) is 12.9. The standard InChI is InChI=1S/C16H18F2N4O/c1-10(2)6-7-19-15(23)11-8-20-16(21-9-11)22-14-12(17)4-3-5-13(14)18/h3-5,8-10H,6-7H2,1-2H3,(H,19,23)(H,20,21,22). The lowest BCUT2D eigenvalue weighted by Gasteiger charge is -2.08. The molecule has 0 aliphatic carbocycles. The molecule has 1 amide bonds. The third-order valence-electron chi connectivity index (χ3n) is 3.12. The summed E-state index contributed by atoms with van der Waals surface area (Å²) >= 11 is 0. The number of halogens is 2. The zero-order valence-corrected chi connectivity index (χ0v) is 12.9. The molecule has 5 nitrogen and oxygen atoms in total. The van der Waals surface area contributed by atoms with Crippen molar-refractivity contribution in [1.82, 2.24) is 15.3 Å². The van der Waals surface area contributed by atoms with Crippen LogP contribution < -0.4 is 10.6 Å². The van der Waals surface area contributed by atoms with Crippen LogP contribution in [0.5, 0.6) is 0 Å². The first-order valence-corrected chi connectivity index (χ1v) is 7.28. The van der Waals surface area contributed by atoms with Gasteiger partial charge in [-0.1, -0.05) is 19.9 Å². The second-order valence-corrected chi connectivity index (χ2v) is 5.46. The van der Waals surface area contributed by atoms with E-state index in [1.807, 2.05) is 0 Å². The van der Waals surface area contributed by atoms with E-state index in [1.54, 1.807) is 0 Å². The van der Waals surface area contributed by atoms with Crippen molar-refractivity contribution in [3.05, 3.63) is 47.8 Å². The highest BCUT2D eigenvalue weighted by atomic mass is 19.1. The second kappa shape index (κ2) is 7.62. The summed E-state index contributed by atoms with van der Waals surface area (Å²) in [5, 5.41) is 5.22. The van der Waals surface area contributed by atoms with Crippen LogP contribution in [-0.2, 0) is 0 Å². The minimum Gasteiger partial charge on any atom is -0.352 e. The van der Waals surface area contributed by atoms with E-state index in [2.05, 4.69) is 34.4 Å². The number of carbonyl (C=O) groups is 1. The fraction of sp³-hybridized carbons (Fsp3) is 0.312. The minimum atomic E-state index is -0.746. The number of aromatic nitrogens is 2. The molecule has 2 rings (SSSR count). The molecular formula is C16H18F2N4O. The van der Waals surface area contributed by atoms with E-state index in [-0.39, 0.29) is 23.1 Å². The van der Waals surface area contributed by atoms with Gasteiger partial charge in [-0.2, -0.15) is 0 Å². The van der Waals surface area contributed by atoms with Crippen LogP contribution in [0.2, 0.25) is 0 Å². The van der Waals surface area contributed by atoms with Gasteiger partial charge in [0.25, 0.3) is 5.91 Å². The lowest BCUT2D eigenvalue weighted by Crippen LogP contribution is -2.25. The molecule has 0 fully saturated rings. The summed E-state index contributed by atoms with van der Waals surface area (Å²) in [5.41, 5.74) is -0.0463. The molecule has 1 aromatic heterocycles. The topological polar surface area (TPSA) is 66.9 Å². The molecule has 2 aromatic rings. The van der Waals surface area contributed by atoms with Crippen LogP contribution in [0, 0.1) is 17.6 Å². The Morgan fingerprint density at radius 3 is 2.35 bits per heavy atom. The fourth-order valence-electron chi connectivity index (χ4n) is 1.82. The van der Waals surface area contributed by atoms with Crippen LogP contribution >= 0.6 is 0 Å². The number of nitrogens with zero attached hydrogens (tertiary/aromatic N) is 2. The van der Waals surface area contributed by atoms with Crippen LogP contribution in [0.3, 0.4) is 0 Å². The van der Waals surface area contributed by atoms with Crippen LogP contribution in [0.25, 0.3) is 0 Å².